The average Bonchev–Trinajstić information content (AvgIpc) is 2.76. The van der Waals surface area contributed by atoms with Gasteiger partial charge in [0.2, 0.25) is 11.8 Å². The van der Waals surface area contributed by atoms with Crippen LogP contribution in [0.1, 0.15) is 37.8 Å². The van der Waals surface area contributed by atoms with E-state index in [9.17, 15) is 9.59 Å². The van der Waals surface area contributed by atoms with Crippen LogP contribution < -0.4 is 10.1 Å². The van der Waals surface area contributed by atoms with E-state index in [-0.39, 0.29) is 23.7 Å². The molecule has 0 aromatic heterocycles. The Hall–Kier alpha value is -2.82. The first kappa shape index (κ1) is 20.9. The smallest absolute Gasteiger partial charge is 0.225 e. The number of amides is 2. The average molecular weight is 395 g/mol. The molecule has 3 rings (SSSR count). The number of rotatable bonds is 7. The van der Waals surface area contributed by atoms with Crippen molar-refractivity contribution in [2.75, 3.05) is 13.1 Å². The number of nitrogens with one attached hydrogen (secondary N) is 1. The monoisotopic (exact) mass is 394 g/mol. The maximum absolute atomic E-state index is 12.6. The van der Waals surface area contributed by atoms with Crippen molar-refractivity contribution in [3.8, 4) is 5.75 Å². The first-order valence-corrected chi connectivity index (χ1v) is 10.3. The highest BCUT2D eigenvalue weighted by atomic mass is 16.5. The van der Waals surface area contributed by atoms with Crippen LogP contribution in [-0.2, 0) is 22.7 Å². The quantitative estimate of drug-likeness (QED) is 0.778. The van der Waals surface area contributed by atoms with Gasteiger partial charge in [-0.3, -0.25) is 9.59 Å². The third kappa shape index (κ3) is 6.08. The zero-order valence-corrected chi connectivity index (χ0v) is 17.3. The Morgan fingerprint density at radius 2 is 1.86 bits per heavy atom. The highest BCUT2D eigenvalue weighted by molar-refractivity contribution is 5.82. The predicted octanol–water partition coefficient (Wildman–Crippen LogP) is 3.78. The van der Waals surface area contributed by atoms with E-state index in [1.54, 1.807) is 0 Å². The van der Waals surface area contributed by atoms with Crippen molar-refractivity contribution in [1.29, 1.82) is 0 Å². The maximum Gasteiger partial charge on any atom is 0.225 e. The molecule has 0 radical (unpaired) electrons. The molecule has 0 aliphatic carbocycles. The number of likely N-dealkylation sites (tertiary alicyclic amines) is 1. The van der Waals surface area contributed by atoms with Crippen LogP contribution in [0.15, 0.2) is 54.6 Å². The molecule has 1 N–H and O–H groups in total. The second-order valence-corrected chi connectivity index (χ2v) is 7.92. The first-order chi connectivity index (χ1) is 14.0. The summed E-state index contributed by atoms with van der Waals surface area (Å²) in [6.07, 6.45) is 1.70. The largest absolute Gasteiger partial charge is 0.489 e. The number of benzene rings is 2. The molecule has 1 fully saturated rings. The molecule has 5 nitrogen and oxygen atoms in total. The predicted molar refractivity (Wildman–Crippen MR) is 113 cm³/mol. The topological polar surface area (TPSA) is 58.6 Å². The van der Waals surface area contributed by atoms with Gasteiger partial charge in [0.25, 0.3) is 0 Å². The molecule has 1 aliphatic heterocycles. The molecule has 0 unspecified atom stereocenters. The van der Waals surface area contributed by atoms with Crippen LogP contribution in [0, 0.1) is 11.8 Å². The highest BCUT2D eigenvalue weighted by Crippen LogP contribution is 2.19. The summed E-state index contributed by atoms with van der Waals surface area (Å²) >= 11 is 0. The van der Waals surface area contributed by atoms with Gasteiger partial charge in [-0.1, -0.05) is 56.3 Å². The van der Waals surface area contributed by atoms with Crippen LogP contribution >= 0.6 is 0 Å². The van der Waals surface area contributed by atoms with Crippen LogP contribution in [0.4, 0.5) is 0 Å². The van der Waals surface area contributed by atoms with E-state index >= 15 is 0 Å². The summed E-state index contributed by atoms with van der Waals surface area (Å²) < 4.78 is 5.86. The van der Waals surface area contributed by atoms with Gasteiger partial charge in [0.05, 0.1) is 5.92 Å². The fourth-order valence-electron chi connectivity index (χ4n) is 3.58. The van der Waals surface area contributed by atoms with Gasteiger partial charge in [0.1, 0.15) is 12.4 Å². The third-order valence-electron chi connectivity index (χ3n) is 5.21. The van der Waals surface area contributed by atoms with Crippen LogP contribution in [-0.4, -0.2) is 29.8 Å². The zero-order chi connectivity index (χ0) is 20.6. The van der Waals surface area contributed by atoms with Gasteiger partial charge in [0.15, 0.2) is 0 Å². The normalized spacial score (nSPS) is 16.5. The van der Waals surface area contributed by atoms with E-state index in [4.69, 9.17) is 4.74 Å². The molecule has 2 aromatic carbocycles. The van der Waals surface area contributed by atoms with Gasteiger partial charge < -0.3 is 15.0 Å². The van der Waals surface area contributed by atoms with E-state index in [2.05, 4.69) is 5.32 Å². The summed E-state index contributed by atoms with van der Waals surface area (Å²) in [5, 5.41) is 3.03. The Bertz CT molecular complexity index is 820. The number of carbonyl (C=O) groups is 2. The van der Waals surface area contributed by atoms with Gasteiger partial charge in [-0.05, 0) is 36.1 Å². The summed E-state index contributed by atoms with van der Waals surface area (Å²) in [4.78, 5) is 26.7. The van der Waals surface area contributed by atoms with Crippen LogP contribution in [0.5, 0.6) is 5.75 Å². The minimum atomic E-state index is -0.135. The number of nitrogens with zero attached hydrogens (tertiary/aromatic N) is 1. The van der Waals surface area contributed by atoms with Crippen molar-refractivity contribution in [2.24, 2.45) is 11.8 Å². The molecule has 1 aliphatic rings. The Morgan fingerprint density at radius 1 is 1.10 bits per heavy atom. The molecule has 0 bridgehead atoms. The lowest BCUT2D eigenvalue weighted by molar-refractivity contribution is -0.138. The lowest BCUT2D eigenvalue weighted by atomic mass is 9.96. The van der Waals surface area contributed by atoms with Gasteiger partial charge in [-0.25, -0.2) is 0 Å². The van der Waals surface area contributed by atoms with E-state index in [1.165, 1.54) is 0 Å². The fraction of sp³-hybridized carbons (Fsp3) is 0.417. The Labute approximate surface area is 173 Å². The van der Waals surface area contributed by atoms with Crippen LogP contribution in [0.3, 0.4) is 0 Å². The van der Waals surface area contributed by atoms with Crippen molar-refractivity contribution in [2.45, 2.75) is 39.8 Å². The highest BCUT2D eigenvalue weighted by Gasteiger charge is 2.29. The third-order valence-corrected chi connectivity index (χ3v) is 5.21. The Kier molecular flexibility index (Phi) is 7.28. The van der Waals surface area contributed by atoms with E-state index in [0.717, 1.165) is 36.3 Å². The molecule has 0 saturated carbocycles. The number of carbonyl (C=O) groups excluding carboxylic acids is 2. The molecule has 1 heterocycles. The molecular formula is C24H30N2O3. The standard InChI is InChI=1S/C24H30N2O3/c1-18(2)24(28)26-13-7-11-21(16-26)23(27)25-15-20-10-6-12-22(14-20)29-17-19-8-4-3-5-9-19/h3-6,8-10,12,14,18,21H,7,11,13,15-17H2,1-2H3,(H,25,27)/t21-/m0/s1. The van der Waals surface area contributed by atoms with E-state index < -0.39 is 0 Å². The van der Waals surface area contributed by atoms with Crippen LogP contribution in [0.2, 0.25) is 0 Å². The van der Waals surface area contributed by atoms with Crippen molar-refractivity contribution in [3.05, 3.63) is 65.7 Å². The van der Waals surface area contributed by atoms with Crippen LogP contribution in [0.25, 0.3) is 0 Å². The fourth-order valence-corrected chi connectivity index (χ4v) is 3.58. The lowest BCUT2D eigenvalue weighted by Crippen LogP contribution is -2.46. The maximum atomic E-state index is 12.6. The molecule has 154 valence electrons. The van der Waals surface area contributed by atoms with Crippen molar-refractivity contribution in [1.82, 2.24) is 10.2 Å². The molecule has 1 saturated heterocycles. The molecular weight excluding hydrogens is 364 g/mol. The summed E-state index contributed by atoms with van der Waals surface area (Å²) in [7, 11) is 0. The zero-order valence-electron chi connectivity index (χ0n) is 17.3. The second-order valence-electron chi connectivity index (χ2n) is 7.92. The van der Waals surface area contributed by atoms with Gasteiger partial charge >= 0.3 is 0 Å². The molecule has 5 heteroatoms. The number of piperidine rings is 1. The number of hydrogen-bond acceptors (Lipinski definition) is 3. The van der Waals surface area contributed by atoms with Gasteiger partial charge in [-0.2, -0.15) is 0 Å². The summed E-state index contributed by atoms with van der Waals surface area (Å²) in [6.45, 7) is 6.04. The summed E-state index contributed by atoms with van der Waals surface area (Å²) in [5.41, 5.74) is 2.11. The lowest BCUT2D eigenvalue weighted by Gasteiger charge is -2.33. The Balaban J connectivity index is 1.50. The number of hydrogen-bond donors (Lipinski definition) is 1. The molecule has 0 spiro atoms. The minimum Gasteiger partial charge on any atom is -0.489 e. The SMILES string of the molecule is CC(C)C(=O)N1CCC[C@H](C(=O)NCc2cccc(OCc3ccccc3)c2)C1. The van der Waals surface area contributed by atoms with E-state index in [0.29, 0.717) is 19.7 Å². The van der Waals surface area contributed by atoms with Crippen molar-refractivity contribution in [3.63, 3.8) is 0 Å². The van der Waals surface area contributed by atoms with Crippen molar-refractivity contribution >= 4 is 11.8 Å². The number of ether oxygens (including phenoxy) is 1. The molecule has 29 heavy (non-hydrogen) atoms. The van der Waals surface area contributed by atoms with Gasteiger partial charge in [-0.15, -0.1) is 0 Å². The molecule has 1 atom stereocenters. The second kappa shape index (κ2) is 10.1. The Morgan fingerprint density at radius 3 is 2.62 bits per heavy atom. The summed E-state index contributed by atoms with van der Waals surface area (Å²) in [6, 6.07) is 17.8. The van der Waals surface area contributed by atoms with Crippen molar-refractivity contribution < 1.29 is 14.3 Å². The van der Waals surface area contributed by atoms with E-state index in [1.807, 2.05) is 73.3 Å². The summed E-state index contributed by atoms with van der Waals surface area (Å²) in [5.74, 6) is 0.763. The van der Waals surface area contributed by atoms with Gasteiger partial charge in [0, 0.05) is 25.6 Å². The first-order valence-electron chi connectivity index (χ1n) is 10.3. The molecule has 2 amide bonds. The minimum absolute atomic E-state index is 0.0156. The molecule has 2 aromatic rings.